The van der Waals surface area contributed by atoms with E-state index in [1.54, 1.807) is 18.3 Å². The molecule has 3 aromatic heterocycles. The summed E-state index contributed by atoms with van der Waals surface area (Å²) in [5.41, 5.74) is 8.60. The van der Waals surface area contributed by atoms with E-state index < -0.39 is 5.54 Å². The van der Waals surface area contributed by atoms with E-state index in [9.17, 15) is 4.79 Å². The number of anilines is 2. The number of carbonyl (C=O) groups excluding carboxylic acids is 1. The van der Waals surface area contributed by atoms with Gasteiger partial charge in [-0.15, -0.1) is 0 Å². The third-order valence-corrected chi connectivity index (χ3v) is 7.37. The minimum atomic E-state index is -0.474. The number of hydrogen-bond acceptors (Lipinski definition) is 8. The number of aromatic nitrogens is 3. The molecule has 176 valence electrons. The third kappa shape index (κ3) is 3.66. The Labute approximate surface area is 198 Å². The molecule has 0 spiro atoms. The summed E-state index contributed by atoms with van der Waals surface area (Å²) in [5, 5.41) is 5.18. The summed E-state index contributed by atoms with van der Waals surface area (Å²) in [7, 11) is 0. The van der Waals surface area contributed by atoms with E-state index in [1.165, 1.54) is 0 Å². The van der Waals surface area contributed by atoms with Crippen LogP contribution in [0.15, 0.2) is 30.6 Å². The molecule has 34 heavy (non-hydrogen) atoms. The van der Waals surface area contributed by atoms with Crippen LogP contribution in [0.25, 0.3) is 10.8 Å². The van der Waals surface area contributed by atoms with Crippen molar-refractivity contribution in [1.29, 1.82) is 0 Å². The van der Waals surface area contributed by atoms with Gasteiger partial charge >= 0.3 is 5.97 Å². The first-order valence-electron chi connectivity index (χ1n) is 12.0. The third-order valence-electron chi connectivity index (χ3n) is 7.37. The lowest BCUT2D eigenvalue weighted by atomic mass is 9.86. The Morgan fingerprint density at radius 2 is 1.88 bits per heavy atom. The molecule has 0 saturated heterocycles. The summed E-state index contributed by atoms with van der Waals surface area (Å²) in [6, 6.07) is 5.54. The number of ether oxygens (including phenoxy) is 2. The molecule has 1 unspecified atom stereocenters. The smallest absolute Gasteiger partial charge is 0.340 e. The van der Waals surface area contributed by atoms with Crippen LogP contribution in [0.4, 0.5) is 11.6 Å². The lowest BCUT2D eigenvalue weighted by Crippen LogP contribution is -2.35. The zero-order valence-corrected chi connectivity index (χ0v) is 19.7. The van der Waals surface area contributed by atoms with Crippen LogP contribution in [0.3, 0.4) is 0 Å². The number of nitrogens with zero attached hydrogens (tertiary/aromatic N) is 3. The zero-order valence-electron chi connectivity index (χ0n) is 19.7. The van der Waals surface area contributed by atoms with Crippen molar-refractivity contribution >= 4 is 28.4 Å². The first-order chi connectivity index (χ1) is 16.3. The van der Waals surface area contributed by atoms with E-state index in [0.29, 0.717) is 29.0 Å². The molecule has 3 N–H and O–H groups in total. The Balaban J connectivity index is 1.39. The number of esters is 1. The lowest BCUT2D eigenvalue weighted by Gasteiger charge is -2.27. The van der Waals surface area contributed by atoms with Crippen molar-refractivity contribution in [3.8, 4) is 5.88 Å². The van der Waals surface area contributed by atoms with Crippen molar-refractivity contribution < 1.29 is 14.3 Å². The largest absolute Gasteiger partial charge is 0.474 e. The second-order valence-electron chi connectivity index (χ2n) is 10.1. The van der Waals surface area contributed by atoms with E-state index in [1.807, 2.05) is 26.1 Å². The highest BCUT2D eigenvalue weighted by Gasteiger charge is 2.41. The van der Waals surface area contributed by atoms with E-state index >= 15 is 0 Å². The Kier molecular flexibility index (Phi) is 4.78. The van der Waals surface area contributed by atoms with Gasteiger partial charge in [-0.3, -0.25) is 0 Å². The maximum absolute atomic E-state index is 12.2. The van der Waals surface area contributed by atoms with Gasteiger partial charge in [0.15, 0.2) is 0 Å². The van der Waals surface area contributed by atoms with Gasteiger partial charge < -0.3 is 20.5 Å². The van der Waals surface area contributed by atoms with E-state index in [-0.39, 0.29) is 24.1 Å². The molecular weight excluding hydrogens is 430 g/mol. The summed E-state index contributed by atoms with van der Waals surface area (Å²) in [6.45, 7) is 5.99. The quantitative estimate of drug-likeness (QED) is 0.516. The molecule has 1 aliphatic heterocycles. The van der Waals surface area contributed by atoms with Crippen LogP contribution in [-0.2, 0) is 10.3 Å². The molecule has 8 heteroatoms. The average molecular weight is 460 g/mol. The van der Waals surface area contributed by atoms with E-state index in [4.69, 9.17) is 20.2 Å². The monoisotopic (exact) mass is 459 g/mol. The molecule has 4 heterocycles. The van der Waals surface area contributed by atoms with E-state index in [0.717, 1.165) is 47.7 Å². The number of carbonyl (C=O) groups is 1. The number of rotatable bonds is 6. The number of pyridine rings is 3. The molecule has 3 aliphatic rings. The van der Waals surface area contributed by atoms with Crippen molar-refractivity contribution in [3.05, 3.63) is 47.4 Å². The number of cyclic esters (lactones) is 1. The Morgan fingerprint density at radius 1 is 1.09 bits per heavy atom. The van der Waals surface area contributed by atoms with Crippen LogP contribution in [0.1, 0.15) is 74.0 Å². The van der Waals surface area contributed by atoms with E-state index in [2.05, 4.69) is 22.2 Å². The fraction of sp³-hybridized carbons (Fsp3) is 0.462. The number of nitrogens with two attached hydrogens (primary N) is 1. The summed E-state index contributed by atoms with van der Waals surface area (Å²) >= 11 is 0. The molecule has 3 atom stereocenters. The van der Waals surface area contributed by atoms with Gasteiger partial charge in [0.25, 0.3) is 0 Å². The first kappa shape index (κ1) is 21.3. The summed E-state index contributed by atoms with van der Waals surface area (Å²) < 4.78 is 11.5. The second-order valence-corrected chi connectivity index (χ2v) is 10.1. The van der Waals surface area contributed by atoms with Gasteiger partial charge in [0.2, 0.25) is 5.88 Å². The summed E-state index contributed by atoms with van der Waals surface area (Å²) in [5.74, 6) is 2.02. The lowest BCUT2D eigenvalue weighted by molar-refractivity contribution is 0.0235. The molecule has 0 bridgehead atoms. The number of nitrogens with one attached hydrogen (secondary N) is 1. The minimum absolute atomic E-state index is 0.00955. The molecule has 0 radical (unpaired) electrons. The second kappa shape index (κ2) is 7.63. The van der Waals surface area contributed by atoms with Crippen molar-refractivity contribution in [2.45, 2.75) is 70.1 Å². The molecule has 6 rings (SSSR count). The maximum Gasteiger partial charge on any atom is 0.340 e. The summed E-state index contributed by atoms with van der Waals surface area (Å²) in [4.78, 5) is 26.2. The topological polar surface area (TPSA) is 112 Å². The fourth-order valence-electron chi connectivity index (χ4n) is 4.70. The fourth-order valence-corrected chi connectivity index (χ4v) is 4.70. The highest BCUT2D eigenvalue weighted by atomic mass is 16.5. The standard InChI is InChI=1S/C26H29N5O3/c1-13-14(2)33-25(32)17-8-9-21(31-23(13)17)30-22-10-18-19(11-28-22)24(34-16-6-7-16)29-12-20(18)26(3,27)15-4-5-15/h8-16H,4-7,27H2,1-3H3,(H,28,30,31)/t13-,14-,26?/m0/s1. The zero-order chi connectivity index (χ0) is 23.6. The Hall–Kier alpha value is -3.26. The SMILES string of the molecule is C[C@@H]1OC(=O)c2ccc(Nc3cc4c(C(C)(N)C5CC5)cnc(OC5CC5)c4cn3)nc2[C@H]1C. The van der Waals surface area contributed by atoms with Crippen LogP contribution in [0.5, 0.6) is 5.88 Å². The van der Waals surface area contributed by atoms with Crippen LogP contribution in [0, 0.1) is 5.92 Å². The van der Waals surface area contributed by atoms with Crippen molar-refractivity contribution in [2.75, 3.05) is 5.32 Å². The molecule has 2 saturated carbocycles. The average Bonchev–Trinajstić information content (AvgIpc) is 3.71. The first-order valence-corrected chi connectivity index (χ1v) is 12.0. The summed E-state index contributed by atoms with van der Waals surface area (Å²) in [6.07, 6.45) is 8.07. The van der Waals surface area contributed by atoms with Gasteiger partial charge in [0.1, 0.15) is 23.8 Å². The molecule has 2 aliphatic carbocycles. The van der Waals surface area contributed by atoms with Gasteiger partial charge in [0, 0.05) is 23.9 Å². The molecule has 2 fully saturated rings. The van der Waals surface area contributed by atoms with Gasteiger partial charge in [-0.25, -0.2) is 19.7 Å². The predicted octanol–water partition coefficient (Wildman–Crippen LogP) is 4.56. The molecule has 3 aromatic rings. The Bertz CT molecular complexity index is 1300. The van der Waals surface area contributed by atoms with Gasteiger partial charge in [0.05, 0.1) is 16.6 Å². The van der Waals surface area contributed by atoms with Gasteiger partial charge in [-0.1, -0.05) is 6.92 Å². The van der Waals surface area contributed by atoms with Gasteiger partial charge in [-0.2, -0.15) is 0 Å². The van der Waals surface area contributed by atoms with Crippen molar-refractivity contribution in [2.24, 2.45) is 11.7 Å². The van der Waals surface area contributed by atoms with Crippen LogP contribution in [0.2, 0.25) is 0 Å². The maximum atomic E-state index is 12.2. The normalized spacial score (nSPS) is 23.7. The highest BCUT2D eigenvalue weighted by molar-refractivity contribution is 5.93. The van der Waals surface area contributed by atoms with Crippen LogP contribution >= 0.6 is 0 Å². The number of fused-ring (bicyclic) bond motifs is 2. The number of hydrogen-bond donors (Lipinski definition) is 2. The van der Waals surface area contributed by atoms with Crippen molar-refractivity contribution in [3.63, 3.8) is 0 Å². The Morgan fingerprint density at radius 3 is 2.62 bits per heavy atom. The van der Waals surface area contributed by atoms with Crippen LogP contribution < -0.4 is 15.8 Å². The van der Waals surface area contributed by atoms with Crippen molar-refractivity contribution in [1.82, 2.24) is 15.0 Å². The molecule has 0 aromatic carbocycles. The van der Waals surface area contributed by atoms with Gasteiger partial charge in [-0.05, 0) is 74.6 Å². The highest BCUT2D eigenvalue weighted by Crippen LogP contribution is 2.46. The molecular formula is C26H29N5O3. The van der Waals surface area contributed by atoms with Crippen LogP contribution in [-0.4, -0.2) is 33.1 Å². The molecule has 0 amide bonds. The molecule has 8 nitrogen and oxygen atoms in total. The minimum Gasteiger partial charge on any atom is -0.474 e. The predicted molar refractivity (Wildman–Crippen MR) is 128 cm³/mol.